The molecule has 4 heterocycles. The van der Waals surface area contributed by atoms with Gasteiger partial charge in [-0.15, -0.1) is 16.4 Å². The lowest BCUT2D eigenvalue weighted by molar-refractivity contribution is -0.141. The Morgan fingerprint density at radius 1 is 1.21 bits per heavy atom. The molecule has 0 bridgehead atoms. The maximum absolute atomic E-state index is 12.9. The quantitative estimate of drug-likeness (QED) is 0.498. The van der Waals surface area contributed by atoms with Gasteiger partial charge >= 0.3 is 6.18 Å². The molecule has 0 saturated heterocycles. The predicted molar refractivity (Wildman–Crippen MR) is 101 cm³/mol. The molecule has 0 spiro atoms. The molecule has 148 valence electrons. The van der Waals surface area contributed by atoms with E-state index in [0.717, 1.165) is 28.4 Å². The van der Waals surface area contributed by atoms with Gasteiger partial charge in [-0.25, -0.2) is 14.5 Å². The number of halogens is 3. The summed E-state index contributed by atoms with van der Waals surface area (Å²) in [5, 5.41) is 9.22. The summed E-state index contributed by atoms with van der Waals surface area (Å²) in [6, 6.07) is 1.05. The standard InChI is InChI=1S/C18H19F3N6S/c1-5-12-11(4)28-17-14(12)16-23-15(25-27(16)8-22-17)9(2)7-26-10(3)6-13(24-26)18(19,20)21/h6,8-9H,5,7H2,1-4H3. The first kappa shape index (κ1) is 18.9. The third kappa shape index (κ3) is 3.05. The average molecular weight is 408 g/mol. The molecule has 0 aliphatic rings. The fourth-order valence-corrected chi connectivity index (χ4v) is 4.47. The van der Waals surface area contributed by atoms with Crippen LogP contribution in [0.3, 0.4) is 0 Å². The van der Waals surface area contributed by atoms with Gasteiger partial charge in [0.1, 0.15) is 11.2 Å². The molecule has 4 aromatic heterocycles. The zero-order valence-corrected chi connectivity index (χ0v) is 16.7. The van der Waals surface area contributed by atoms with Gasteiger partial charge in [0.15, 0.2) is 17.2 Å². The lowest BCUT2D eigenvalue weighted by Crippen LogP contribution is -2.12. The first-order valence-electron chi connectivity index (χ1n) is 8.94. The minimum Gasteiger partial charge on any atom is -0.269 e. The van der Waals surface area contributed by atoms with E-state index in [9.17, 15) is 13.2 Å². The van der Waals surface area contributed by atoms with Crippen molar-refractivity contribution in [2.45, 2.75) is 52.8 Å². The van der Waals surface area contributed by atoms with E-state index in [2.05, 4.69) is 29.0 Å². The Kier molecular flexibility index (Phi) is 4.40. The maximum Gasteiger partial charge on any atom is 0.435 e. The van der Waals surface area contributed by atoms with Crippen molar-refractivity contribution < 1.29 is 13.2 Å². The van der Waals surface area contributed by atoms with E-state index in [-0.39, 0.29) is 12.5 Å². The average Bonchev–Trinajstić information content (AvgIpc) is 3.28. The first-order valence-corrected chi connectivity index (χ1v) is 9.75. The van der Waals surface area contributed by atoms with Gasteiger partial charge in [0.25, 0.3) is 0 Å². The monoisotopic (exact) mass is 408 g/mol. The van der Waals surface area contributed by atoms with Crippen molar-refractivity contribution in [2.24, 2.45) is 0 Å². The second-order valence-corrected chi connectivity index (χ2v) is 8.11. The Balaban J connectivity index is 1.71. The van der Waals surface area contributed by atoms with E-state index in [0.29, 0.717) is 11.5 Å². The molecule has 4 rings (SSSR count). The maximum atomic E-state index is 12.9. The summed E-state index contributed by atoms with van der Waals surface area (Å²) in [7, 11) is 0. The fraction of sp³-hybridized carbons (Fsp3) is 0.444. The molecule has 28 heavy (non-hydrogen) atoms. The highest BCUT2D eigenvalue weighted by atomic mass is 32.1. The van der Waals surface area contributed by atoms with Crippen LogP contribution >= 0.6 is 11.3 Å². The van der Waals surface area contributed by atoms with Gasteiger partial charge in [-0.1, -0.05) is 13.8 Å². The molecular formula is C18H19F3N6S. The lowest BCUT2D eigenvalue weighted by atomic mass is 10.1. The van der Waals surface area contributed by atoms with Crippen molar-refractivity contribution in [2.75, 3.05) is 0 Å². The number of aryl methyl sites for hydroxylation is 3. The molecule has 6 nitrogen and oxygen atoms in total. The summed E-state index contributed by atoms with van der Waals surface area (Å²) in [6.07, 6.45) is -1.94. The molecule has 0 N–H and O–H groups in total. The van der Waals surface area contributed by atoms with E-state index in [1.54, 1.807) is 29.1 Å². The van der Waals surface area contributed by atoms with E-state index in [1.165, 1.54) is 15.1 Å². The SMILES string of the molecule is CCc1c(C)sc2ncn3nc(C(C)Cn4nc(C(F)(F)F)cc4C)nc3c12. The number of rotatable bonds is 4. The summed E-state index contributed by atoms with van der Waals surface area (Å²) < 4.78 is 41.7. The summed E-state index contributed by atoms with van der Waals surface area (Å²) in [4.78, 5) is 11.3. The van der Waals surface area contributed by atoms with Crippen LogP contribution in [0.4, 0.5) is 13.2 Å². The number of hydrogen-bond acceptors (Lipinski definition) is 5. The van der Waals surface area contributed by atoms with Crippen LogP contribution in [0.15, 0.2) is 12.4 Å². The van der Waals surface area contributed by atoms with Crippen molar-refractivity contribution in [3.8, 4) is 0 Å². The van der Waals surface area contributed by atoms with Gasteiger partial charge in [0, 0.05) is 16.5 Å². The molecule has 10 heteroatoms. The molecule has 0 saturated carbocycles. The third-order valence-corrected chi connectivity index (χ3v) is 5.91. The van der Waals surface area contributed by atoms with Crippen LogP contribution in [0.5, 0.6) is 0 Å². The van der Waals surface area contributed by atoms with Crippen LogP contribution in [0.1, 0.15) is 47.4 Å². The lowest BCUT2D eigenvalue weighted by Gasteiger charge is -2.09. The van der Waals surface area contributed by atoms with Crippen LogP contribution in [0.25, 0.3) is 15.9 Å². The number of nitrogens with zero attached hydrogens (tertiary/aromatic N) is 6. The van der Waals surface area contributed by atoms with Crippen LogP contribution in [-0.2, 0) is 19.1 Å². The van der Waals surface area contributed by atoms with Crippen molar-refractivity contribution >= 4 is 27.2 Å². The molecule has 0 radical (unpaired) electrons. The summed E-state index contributed by atoms with van der Waals surface area (Å²) in [6.45, 7) is 7.92. The van der Waals surface area contributed by atoms with Crippen LogP contribution in [0.2, 0.25) is 0 Å². The van der Waals surface area contributed by atoms with Gasteiger partial charge in [-0.05, 0) is 31.9 Å². The van der Waals surface area contributed by atoms with E-state index in [4.69, 9.17) is 4.98 Å². The normalized spacial score (nSPS) is 13.7. The van der Waals surface area contributed by atoms with E-state index in [1.807, 2.05) is 6.92 Å². The topological polar surface area (TPSA) is 60.9 Å². The summed E-state index contributed by atoms with van der Waals surface area (Å²) in [5.74, 6) is 0.350. The van der Waals surface area contributed by atoms with E-state index >= 15 is 0 Å². The van der Waals surface area contributed by atoms with E-state index < -0.39 is 11.9 Å². The highest BCUT2D eigenvalue weighted by molar-refractivity contribution is 7.18. The molecule has 0 amide bonds. The fourth-order valence-electron chi connectivity index (χ4n) is 3.39. The molecule has 4 aromatic rings. The van der Waals surface area contributed by atoms with Gasteiger partial charge in [0.2, 0.25) is 0 Å². The molecular weight excluding hydrogens is 389 g/mol. The van der Waals surface area contributed by atoms with Gasteiger partial charge in [-0.3, -0.25) is 4.68 Å². The smallest absolute Gasteiger partial charge is 0.269 e. The van der Waals surface area contributed by atoms with Crippen molar-refractivity contribution in [1.82, 2.24) is 29.4 Å². The Hall–Kier alpha value is -2.49. The molecule has 1 unspecified atom stereocenters. The van der Waals surface area contributed by atoms with Crippen molar-refractivity contribution in [1.29, 1.82) is 0 Å². The van der Waals surface area contributed by atoms with Crippen LogP contribution < -0.4 is 0 Å². The zero-order valence-electron chi connectivity index (χ0n) is 15.9. The highest BCUT2D eigenvalue weighted by Crippen LogP contribution is 2.33. The van der Waals surface area contributed by atoms with Gasteiger partial charge in [-0.2, -0.15) is 18.3 Å². The Morgan fingerprint density at radius 2 is 1.96 bits per heavy atom. The molecule has 0 aliphatic carbocycles. The second kappa shape index (κ2) is 6.54. The Bertz CT molecular complexity index is 1170. The minimum atomic E-state index is -4.45. The minimum absolute atomic E-state index is 0.209. The number of aromatic nitrogens is 6. The Morgan fingerprint density at radius 3 is 2.61 bits per heavy atom. The number of fused-ring (bicyclic) bond motifs is 3. The van der Waals surface area contributed by atoms with Crippen LogP contribution in [-0.4, -0.2) is 29.4 Å². The van der Waals surface area contributed by atoms with Gasteiger partial charge in [0.05, 0.1) is 11.9 Å². The third-order valence-electron chi connectivity index (χ3n) is 4.86. The van der Waals surface area contributed by atoms with Crippen LogP contribution in [0, 0.1) is 13.8 Å². The number of hydrogen-bond donors (Lipinski definition) is 0. The first-order chi connectivity index (χ1) is 13.2. The number of thiophene rings is 1. The molecule has 0 aromatic carbocycles. The zero-order chi connectivity index (χ0) is 20.2. The predicted octanol–water partition coefficient (Wildman–Crippen LogP) is 4.54. The summed E-state index contributed by atoms with van der Waals surface area (Å²) in [5.41, 5.74) is 1.52. The van der Waals surface area contributed by atoms with Gasteiger partial charge < -0.3 is 0 Å². The largest absolute Gasteiger partial charge is 0.435 e. The van der Waals surface area contributed by atoms with Crippen molar-refractivity contribution in [3.05, 3.63) is 40.0 Å². The molecule has 0 aliphatic heterocycles. The highest BCUT2D eigenvalue weighted by Gasteiger charge is 2.34. The Labute approximate surface area is 163 Å². The second-order valence-electron chi connectivity index (χ2n) is 6.91. The number of alkyl halides is 3. The summed E-state index contributed by atoms with van der Waals surface area (Å²) >= 11 is 1.63. The van der Waals surface area contributed by atoms with Crippen molar-refractivity contribution in [3.63, 3.8) is 0 Å². The molecule has 1 atom stereocenters. The molecule has 0 fully saturated rings.